The number of hydrogen-bond acceptors (Lipinski definition) is 4. The molecule has 5 rings (SSSR count). The number of ether oxygens (including phenoxy) is 1. The molecule has 1 aromatic heterocycles. The molecule has 4 aromatic rings. The lowest BCUT2D eigenvalue weighted by Crippen LogP contribution is -2.32. The fourth-order valence-electron chi connectivity index (χ4n) is 4.35. The van der Waals surface area contributed by atoms with Gasteiger partial charge in [0.05, 0.1) is 23.6 Å². The van der Waals surface area contributed by atoms with Crippen molar-refractivity contribution in [1.29, 1.82) is 0 Å². The van der Waals surface area contributed by atoms with Gasteiger partial charge in [-0.05, 0) is 41.3 Å². The number of nitrogens with one attached hydrogen (secondary N) is 1. The fourth-order valence-corrected chi connectivity index (χ4v) is 4.35. The Morgan fingerprint density at radius 1 is 0.967 bits per heavy atom. The van der Waals surface area contributed by atoms with E-state index in [9.17, 15) is 4.79 Å². The molecule has 2 heterocycles. The molecule has 1 aliphatic rings. The Balaban J connectivity index is 1.46. The molecule has 1 aliphatic heterocycles. The molecule has 152 valence electrons. The molecule has 0 aliphatic carbocycles. The van der Waals surface area contributed by atoms with E-state index in [0.717, 1.165) is 38.1 Å². The predicted octanol–water partition coefficient (Wildman–Crippen LogP) is 4.26. The minimum Gasteiger partial charge on any atom is -0.377 e. The second kappa shape index (κ2) is 8.38. The van der Waals surface area contributed by atoms with Crippen LogP contribution in [0, 0.1) is 0 Å². The largest absolute Gasteiger partial charge is 0.377 e. The van der Waals surface area contributed by atoms with Gasteiger partial charge in [-0.1, -0.05) is 54.6 Å². The van der Waals surface area contributed by atoms with Gasteiger partial charge in [-0.15, -0.1) is 0 Å². The fraction of sp³-hybridized carbons (Fsp3) is 0.280. The van der Waals surface area contributed by atoms with Crippen LogP contribution in [0.3, 0.4) is 0 Å². The van der Waals surface area contributed by atoms with E-state index in [4.69, 9.17) is 9.72 Å². The number of para-hydroxylation sites is 1. The molecular weight excluding hydrogens is 374 g/mol. The van der Waals surface area contributed by atoms with E-state index >= 15 is 0 Å². The second-order valence-electron chi connectivity index (χ2n) is 7.97. The van der Waals surface area contributed by atoms with Gasteiger partial charge < -0.3 is 9.72 Å². The third-order valence-corrected chi connectivity index (χ3v) is 5.79. The smallest absolute Gasteiger partial charge is 0.258 e. The maximum Gasteiger partial charge on any atom is 0.258 e. The number of nitrogens with zero attached hydrogens (tertiary/aromatic N) is 2. The van der Waals surface area contributed by atoms with Crippen molar-refractivity contribution in [3.8, 4) is 0 Å². The molecule has 5 heteroatoms. The first kappa shape index (κ1) is 19.0. The molecule has 5 nitrogen and oxygen atoms in total. The summed E-state index contributed by atoms with van der Waals surface area (Å²) in [6.07, 6.45) is 2.41. The van der Waals surface area contributed by atoms with Crippen molar-refractivity contribution in [2.75, 3.05) is 13.2 Å². The zero-order chi connectivity index (χ0) is 20.3. The number of H-pyrrole nitrogens is 1. The molecule has 3 aromatic carbocycles. The van der Waals surface area contributed by atoms with Gasteiger partial charge in [-0.3, -0.25) is 9.69 Å². The zero-order valence-corrected chi connectivity index (χ0v) is 16.9. The van der Waals surface area contributed by atoms with Crippen molar-refractivity contribution in [2.24, 2.45) is 0 Å². The Labute approximate surface area is 175 Å². The van der Waals surface area contributed by atoms with Gasteiger partial charge in [-0.25, -0.2) is 4.98 Å². The highest BCUT2D eigenvalue weighted by atomic mass is 16.5. The lowest BCUT2D eigenvalue weighted by Gasteiger charge is -2.25. The van der Waals surface area contributed by atoms with Crippen molar-refractivity contribution in [1.82, 2.24) is 14.9 Å². The lowest BCUT2D eigenvalue weighted by molar-refractivity contribution is 0.0671. The standard InChI is InChI=1S/C25H25N3O2/c29-25-22-12-3-4-13-23(22)26-24(27-25)17-28(16-20-10-6-14-30-20)15-19-9-5-8-18-7-1-2-11-21(18)19/h1-5,7-9,11-13,20H,6,10,14-17H2,(H,26,27,29). The molecule has 0 spiro atoms. The molecule has 1 atom stereocenters. The topological polar surface area (TPSA) is 58.2 Å². The highest BCUT2D eigenvalue weighted by Gasteiger charge is 2.21. The van der Waals surface area contributed by atoms with E-state index in [1.165, 1.54) is 16.3 Å². The summed E-state index contributed by atoms with van der Waals surface area (Å²) in [5.41, 5.74) is 1.92. The van der Waals surface area contributed by atoms with Crippen LogP contribution in [0.4, 0.5) is 0 Å². The first-order valence-electron chi connectivity index (χ1n) is 10.5. The van der Waals surface area contributed by atoms with Crippen LogP contribution in [0.25, 0.3) is 21.7 Å². The van der Waals surface area contributed by atoms with E-state index in [-0.39, 0.29) is 11.7 Å². The van der Waals surface area contributed by atoms with E-state index < -0.39 is 0 Å². The van der Waals surface area contributed by atoms with Gasteiger partial charge in [0.15, 0.2) is 0 Å². The summed E-state index contributed by atoms with van der Waals surface area (Å²) in [6.45, 7) is 3.00. The molecule has 1 fully saturated rings. The maximum absolute atomic E-state index is 12.5. The van der Waals surface area contributed by atoms with Crippen LogP contribution < -0.4 is 5.56 Å². The quantitative estimate of drug-likeness (QED) is 0.526. The Hall–Kier alpha value is -3.02. The number of aromatic amines is 1. The highest BCUT2D eigenvalue weighted by Crippen LogP contribution is 2.22. The minimum atomic E-state index is -0.0853. The summed E-state index contributed by atoms with van der Waals surface area (Å²) in [6, 6.07) is 22.4. The van der Waals surface area contributed by atoms with Gasteiger partial charge >= 0.3 is 0 Å². The molecule has 0 bridgehead atoms. The van der Waals surface area contributed by atoms with Gasteiger partial charge in [-0.2, -0.15) is 0 Å². The third-order valence-electron chi connectivity index (χ3n) is 5.79. The summed E-state index contributed by atoms with van der Waals surface area (Å²) in [5, 5.41) is 3.13. The molecule has 0 radical (unpaired) electrons. The molecule has 0 saturated carbocycles. The Morgan fingerprint density at radius 2 is 1.77 bits per heavy atom. The predicted molar refractivity (Wildman–Crippen MR) is 119 cm³/mol. The van der Waals surface area contributed by atoms with Crippen LogP contribution in [-0.4, -0.2) is 34.1 Å². The molecule has 1 N–H and O–H groups in total. The van der Waals surface area contributed by atoms with Crippen molar-refractivity contribution < 1.29 is 4.74 Å². The van der Waals surface area contributed by atoms with Crippen LogP contribution in [0.2, 0.25) is 0 Å². The van der Waals surface area contributed by atoms with Crippen LogP contribution in [0.5, 0.6) is 0 Å². The van der Waals surface area contributed by atoms with Crippen LogP contribution in [0.1, 0.15) is 24.2 Å². The van der Waals surface area contributed by atoms with E-state index in [1.54, 1.807) is 0 Å². The first-order valence-corrected chi connectivity index (χ1v) is 10.5. The summed E-state index contributed by atoms with van der Waals surface area (Å²) in [5.74, 6) is 0.692. The van der Waals surface area contributed by atoms with Gasteiger partial charge in [0.2, 0.25) is 0 Å². The molecule has 1 saturated heterocycles. The van der Waals surface area contributed by atoms with Crippen LogP contribution >= 0.6 is 0 Å². The lowest BCUT2D eigenvalue weighted by atomic mass is 10.0. The third kappa shape index (κ3) is 3.99. The van der Waals surface area contributed by atoms with E-state index in [1.807, 2.05) is 24.3 Å². The second-order valence-corrected chi connectivity index (χ2v) is 7.97. The van der Waals surface area contributed by atoms with E-state index in [2.05, 4.69) is 52.3 Å². The van der Waals surface area contributed by atoms with Gasteiger partial charge in [0, 0.05) is 19.7 Å². The average molecular weight is 399 g/mol. The summed E-state index contributed by atoms with van der Waals surface area (Å²) >= 11 is 0. The van der Waals surface area contributed by atoms with Crippen molar-refractivity contribution in [3.63, 3.8) is 0 Å². The van der Waals surface area contributed by atoms with Crippen LogP contribution in [-0.2, 0) is 17.8 Å². The number of fused-ring (bicyclic) bond motifs is 2. The number of rotatable bonds is 6. The van der Waals surface area contributed by atoms with Crippen molar-refractivity contribution in [3.05, 3.63) is 88.5 Å². The minimum absolute atomic E-state index is 0.0853. The number of aromatic nitrogens is 2. The van der Waals surface area contributed by atoms with Crippen LogP contribution in [0.15, 0.2) is 71.5 Å². The van der Waals surface area contributed by atoms with Crippen molar-refractivity contribution in [2.45, 2.75) is 32.0 Å². The SMILES string of the molecule is O=c1[nH]c(CN(Cc2cccc3ccccc23)CC2CCCO2)nc2ccccc12. The highest BCUT2D eigenvalue weighted by molar-refractivity contribution is 5.85. The Morgan fingerprint density at radius 3 is 2.63 bits per heavy atom. The Bertz CT molecular complexity index is 1220. The average Bonchev–Trinajstić information content (AvgIpc) is 3.27. The summed E-state index contributed by atoms with van der Waals surface area (Å²) < 4.78 is 5.91. The molecule has 0 amide bonds. The Kier molecular flexibility index (Phi) is 5.30. The monoisotopic (exact) mass is 399 g/mol. The normalized spacial score (nSPS) is 16.6. The van der Waals surface area contributed by atoms with Crippen molar-refractivity contribution >= 4 is 21.7 Å². The molecular formula is C25H25N3O2. The molecule has 30 heavy (non-hydrogen) atoms. The van der Waals surface area contributed by atoms with Gasteiger partial charge in [0.25, 0.3) is 5.56 Å². The van der Waals surface area contributed by atoms with Gasteiger partial charge in [0.1, 0.15) is 5.82 Å². The first-order chi connectivity index (χ1) is 14.8. The maximum atomic E-state index is 12.5. The van der Waals surface area contributed by atoms with E-state index in [0.29, 0.717) is 17.8 Å². The number of benzene rings is 3. The summed E-state index contributed by atoms with van der Waals surface area (Å²) in [7, 11) is 0. The molecule has 1 unspecified atom stereocenters. The summed E-state index contributed by atoms with van der Waals surface area (Å²) in [4.78, 5) is 22.6. The number of hydrogen-bond donors (Lipinski definition) is 1. The zero-order valence-electron chi connectivity index (χ0n) is 16.9.